The van der Waals surface area contributed by atoms with Crippen molar-refractivity contribution in [3.8, 4) is 0 Å². The van der Waals surface area contributed by atoms with E-state index in [-0.39, 0.29) is 28.9 Å². The van der Waals surface area contributed by atoms with Gasteiger partial charge in [0.05, 0.1) is 28.7 Å². The summed E-state index contributed by atoms with van der Waals surface area (Å²) in [7, 11) is 0. The summed E-state index contributed by atoms with van der Waals surface area (Å²) in [6.45, 7) is -0.677. The van der Waals surface area contributed by atoms with Gasteiger partial charge in [-0.1, -0.05) is 23.7 Å². The van der Waals surface area contributed by atoms with Crippen LogP contribution in [-0.2, 0) is 9.59 Å². The molecule has 1 unspecified atom stereocenters. The van der Waals surface area contributed by atoms with Gasteiger partial charge in [-0.15, -0.1) is 0 Å². The predicted octanol–water partition coefficient (Wildman–Crippen LogP) is 2.66. The zero-order valence-electron chi connectivity index (χ0n) is 14.4. The number of ketones is 1. The van der Waals surface area contributed by atoms with Gasteiger partial charge in [-0.05, 0) is 30.3 Å². The molecule has 1 heterocycles. The Morgan fingerprint density at radius 1 is 1.14 bits per heavy atom. The van der Waals surface area contributed by atoms with E-state index in [2.05, 4.69) is 0 Å². The molecule has 1 fully saturated rings. The average Bonchev–Trinajstić information content (AvgIpc) is 2.93. The van der Waals surface area contributed by atoms with E-state index >= 15 is 0 Å². The number of Topliss-reactive ketones (excluding diaryl/α,β-unsaturated/α-hetero) is 1. The van der Waals surface area contributed by atoms with Gasteiger partial charge in [0.25, 0.3) is 17.4 Å². The van der Waals surface area contributed by atoms with Gasteiger partial charge in [0.15, 0.2) is 0 Å². The monoisotopic (exact) mass is 402 g/mol. The molecule has 1 saturated heterocycles. The number of likely N-dealkylation sites (tertiary alicyclic amines) is 1. The summed E-state index contributed by atoms with van der Waals surface area (Å²) in [5, 5.41) is 31.9. The van der Waals surface area contributed by atoms with Crippen LogP contribution < -0.4 is 0 Å². The first kappa shape index (κ1) is 19.5. The molecule has 1 amide bonds. The third kappa shape index (κ3) is 3.35. The lowest BCUT2D eigenvalue weighted by atomic mass is 9.94. The molecule has 2 N–H and O–H groups in total. The molecule has 1 atom stereocenters. The highest BCUT2D eigenvalue weighted by Gasteiger charge is 2.47. The molecule has 3 rings (SSSR count). The molecule has 9 heteroatoms. The molecule has 0 radical (unpaired) electrons. The number of rotatable bonds is 5. The summed E-state index contributed by atoms with van der Waals surface area (Å²) in [6, 6.07) is 10.4. The van der Waals surface area contributed by atoms with Crippen molar-refractivity contribution in [2.45, 2.75) is 6.04 Å². The minimum absolute atomic E-state index is 0.0654. The first-order valence-corrected chi connectivity index (χ1v) is 8.63. The molecule has 0 spiro atoms. The zero-order chi connectivity index (χ0) is 20.4. The fourth-order valence-corrected chi connectivity index (χ4v) is 3.32. The fraction of sp³-hybridized carbons (Fsp3) is 0.158. The molecule has 0 aliphatic carbocycles. The van der Waals surface area contributed by atoms with E-state index in [1.165, 1.54) is 48.5 Å². The van der Waals surface area contributed by atoms with Crippen molar-refractivity contribution in [2.24, 2.45) is 0 Å². The number of aliphatic hydroxyl groups excluding tert-OH is 2. The van der Waals surface area contributed by atoms with Crippen LogP contribution in [0.1, 0.15) is 17.2 Å². The minimum Gasteiger partial charge on any atom is -0.507 e. The number of para-hydroxylation sites is 1. The fourth-order valence-electron chi connectivity index (χ4n) is 3.19. The number of carbonyl (C=O) groups is 2. The molecule has 0 aromatic heterocycles. The number of hydrogen-bond donors (Lipinski definition) is 2. The van der Waals surface area contributed by atoms with Crippen LogP contribution in [0, 0.1) is 10.1 Å². The van der Waals surface area contributed by atoms with Gasteiger partial charge in [0.2, 0.25) is 0 Å². The van der Waals surface area contributed by atoms with Crippen molar-refractivity contribution < 1.29 is 24.7 Å². The van der Waals surface area contributed by atoms with Gasteiger partial charge >= 0.3 is 0 Å². The van der Waals surface area contributed by atoms with Crippen molar-refractivity contribution >= 4 is 34.7 Å². The Hall–Kier alpha value is -3.23. The van der Waals surface area contributed by atoms with Crippen molar-refractivity contribution in [3.63, 3.8) is 0 Å². The van der Waals surface area contributed by atoms with Crippen LogP contribution in [-0.4, -0.2) is 44.9 Å². The molecule has 144 valence electrons. The highest BCUT2D eigenvalue weighted by atomic mass is 35.5. The highest BCUT2D eigenvalue weighted by Crippen LogP contribution is 2.42. The molecule has 1 aliphatic heterocycles. The Morgan fingerprint density at radius 2 is 1.79 bits per heavy atom. The SMILES string of the molecule is O=C1C(=O)N(CCO)C(c2ccccc2[N+](=O)[O-])/C1=C(\O)c1ccc(Cl)cc1. The number of benzene rings is 2. The van der Waals surface area contributed by atoms with Crippen molar-refractivity contribution in [1.82, 2.24) is 4.90 Å². The molecule has 2 aromatic rings. The van der Waals surface area contributed by atoms with Crippen LogP contribution in [0.5, 0.6) is 0 Å². The van der Waals surface area contributed by atoms with Crippen molar-refractivity contribution in [2.75, 3.05) is 13.2 Å². The minimum atomic E-state index is -1.20. The van der Waals surface area contributed by atoms with E-state index in [4.69, 9.17) is 11.6 Å². The second-order valence-electron chi connectivity index (χ2n) is 6.04. The third-order valence-corrected chi connectivity index (χ3v) is 4.68. The number of nitro groups is 1. The van der Waals surface area contributed by atoms with E-state index in [1.807, 2.05) is 0 Å². The number of β-amino-alcohol motifs (C(OH)–C–C–N with tert-alkyl or cyclic N) is 1. The van der Waals surface area contributed by atoms with Crippen LogP contribution in [0.4, 0.5) is 5.69 Å². The predicted molar refractivity (Wildman–Crippen MR) is 101 cm³/mol. The lowest BCUT2D eigenvalue weighted by Gasteiger charge is -2.24. The summed E-state index contributed by atoms with van der Waals surface area (Å²) in [5.41, 5.74) is -0.292. The first-order valence-electron chi connectivity index (χ1n) is 8.25. The first-order chi connectivity index (χ1) is 13.4. The molecule has 1 aliphatic rings. The van der Waals surface area contributed by atoms with Crippen molar-refractivity contribution in [3.05, 3.63) is 80.4 Å². The van der Waals surface area contributed by atoms with Crippen molar-refractivity contribution in [1.29, 1.82) is 0 Å². The largest absolute Gasteiger partial charge is 0.507 e. The van der Waals surface area contributed by atoms with Gasteiger partial charge in [-0.3, -0.25) is 19.7 Å². The maximum Gasteiger partial charge on any atom is 0.295 e. The molecular formula is C19H15ClN2O6. The Balaban J connectivity index is 2.26. The van der Waals surface area contributed by atoms with Gasteiger partial charge in [-0.25, -0.2) is 0 Å². The number of nitrogens with zero attached hydrogens (tertiary/aromatic N) is 2. The van der Waals surface area contributed by atoms with E-state index in [1.54, 1.807) is 0 Å². The smallest absolute Gasteiger partial charge is 0.295 e. The number of nitro benzene ring substituents is 1. The summed E-state index contributed by atoms with van der Waals surface area (Å²) in [6.07, 6.45) is 0. The maximum absolute atomic E-state index is 12.7. The van der Waals surface area contributed by atoms with Gasteiger partial charge < -0.3 is 15.1 Å². The Kier molecular flexibility index (Phi) is 5.43. The number of carbonyl (C=O) groups excluding carboxylic acids is 2. The third-order valence-electron chi connectivity index (χ3n) is 4.43. The van der Waals surface area contributed by atoms with Crippen LogP contribution in [0.25, 0.3) is 5.76 Å². The number of hydrogen-bond acceptors (Lipinski definition) is 6. The van der Waals surface area contributed by atoms with Crippen LogP contribution in [0.3, 0.4) is 0 Å². The number of amides is 1. The lowest BCUT2D eigenvalue weighted by molar-refractivity contribution is -0.385. The molecule has 28 heavy (non-hydrogen) atoms. The summed E-state index contributed by atoms with van der Waals surface area (Å²) >= 11 is 5.84. The topological polar surface area (TPSA) is 121 Å². The summed E-state index contributed by atoms with van der Waals surface area (Å²) in [4.78, 5) is 37.0. The number of halogens is 1. The highest BCUT2D eigenvalue weighted by molar-refractivity contribution is 6.46. The molecule has 8 nitrogen and oxygen atoms in total. The van der Waals surface area contributed by atoms with Crippen LogP contribution in [0.15, 0.2) is 54.1 Å². The maximum atomic E-state index is 12.7. The van der Waals surface area contributed by atoms with Gasteiger partial charge in [-0.2, -0.15) is 0 Å². The quantitative estimate of drug-likeness (QED) is 0.261. The molecule has 2 aromatic carbocycles. The molecule has 0 bridgehead atoms. The lowest BCUT2D eigenvalue weighted by Crippen LogP contribution is -2.32. The second kappa shape index (κ2) is 7.79. The van der Waals surface area contributed by atoms with Gasteiger partial charge in [0, 0.05) is 23.2 Å². The zero-order valence-corrected chi connectivity index (χ0v) is 15.2. The summed E-state index contributed by atoms with van der Waals surface area (Å²) in [5.74, 6) is -2.41. The number of aliphatic hydroxyl groups is 2. The molecular weight excluding hydrogens is 388 g/mol. The van der Waals surface area contributed by atoms with E-state index < -0.39 is 35.0 Å². The Morgan fingerprint density at radius 3 is 2.39 bits per heavy atom. The second-order valence-corrected chi connectivity index (χ2v) is 6.48. The standard InChI is InChI=1S/C19H15ClN2O6/c20-12-7-5-11(6-8-12)17(24)15-16(21(9-10-23)19(26)18(15)25)13-3-1-2-4-14(13)22(27)28/h1-8,16,23-24H,9-10H2/b17-15+. The normalized spacial score (nSPS) is 18.5. The van der Waals surface area contributed by atoms with Gasteiger partial charge in [0.1, 0.15) is 5.76 Å². The average molecular weight is 403 g/mol. The summed E-state index contributed by atoms with van der Waals surface area (Å²) < 4.78 is 0. The van der Waals surface area contributed by atoms with E-state index in [0.29, 0.717) is 5.02 Å². The Bertz CT molecular complexity index is 986. The van der Waals surface area contributed by atoms with Crippen LogP contribution in [0.2, 0.25) is 5.02 Å². The Labute approximate surface area is 164 Å². The van der Waals surface area contributed by atoms with Crippen LogP contribution >= 0.6 is 11.6 Å². The van der Waals surface area contributed by atoms with E-state index in [0.717, 1.165) is 4.90 Å². The molecule has 0 saturated carbocycles. The van der Waals surface area contributed by atoms with E-state index in [9.17, 15) is 29.9 Å².